The van der Waals surface area contributed by atoms with E-state index in [0.717, 1.165) is 11.4 Å². The Labute approximate surface area is 115 Å². The number of carbonyl (C=O) groups is 1. The standard InChI is InChI=1S/C15H13N3O2/c1-10-17-13-4-2-3-12(15(19)20)14(13)18(10)9-11-5-7-16-8-6-11/h2-8H,9H2,1H3,(H,19,20). The van der Waals surface area contributed by atoms with Gasteiger partial charge in [-0.1, -0.05) is 6.07 Å². The van der Waals surface area contributed by atoms with Crippen LogP contribution in [0.25, 0.3) is 11.0 Å². The van der Waals surface area contributed by atoms with Crippen LogP contribution >= 0.6 is 0 Å². The SMILES string of the molecule is Cc1nc2cccc(C(=O)O)c2n1Cc1ccncc1. The molecular weight excluding hydrogens is 254 g/mol. The van der Waals surface area contributed by atoms with Crippen molar-refractivity contribution in [3.8, 4) is 0 Å². The number of aromatic nitrogens is 3. The van der Waals surface area contributed by atoms with Crippen LogP contribution in [0.15, 0.2) is 42.7 Å². The predicted molar refractivity (Wildman–Crippen MR) is 74.8 cm³/mol. The van der Waals surface area contributed by atoms with Crippen molar-refractivity contribution in [1.29, 1.82) is 0 Å². The maximum Gasteiger partial charge on any atom is 0.337 e. The van der Waals surface area contributed by atoms with E-state index in [0.29, 0.717) is 17.6 Å². The molecule has 0 fully saturated rings. The van der Waals surface area contributed by atoms with Crippen LogP contribution in [0.2, 0.25) is 0 Å². The Bertz CT molecular complexity index is 778. The lowest BCUT2D eigenvalue weighted by molar-refractivity contribution is 0.0698. The number of pyridine rings is 1. The minimum atomic E-state index is -0.938. The normalized spacial score (nSPS) is 10.8. The summed E-state index contributed by atoms with van der Waals surface area (Å²) in [7, 11) is 0. The van der Waals surface area contributed by atoms with Gasteiger partial charge in [0.1, 0.15) is 5.82 Å². The number of benzene rings is 1. The number of hydrogen-bond acceptors (Lipinski definition) is 3. The molecule has 20 heavy (non-hydrogen) atoms. The summed E-state index contributed by atoms with van der Waals surface area (Å²) in [6.07, 6.45) is 3.45. The van der Waals surface area contributed by atoms with Gasteiger partial charge in [0.05, 0.1) is 16.6 Å². The highest BCUT2D eigenvalue weighted by Crippen LogP contribution is 2.21. The third kappa shape index (κ3) is 2.03. The van der Waals surface area contributed by atoms with E-state index in [9.17, 15) is 9.90 Å². The first-order chi connectivity index (χ1) is 9.66. The number of para-hydroxylation sites is 1. The molecule has 0 atom stereocenters. The van der Waals surface area contributed by atoms with E-state index in [-0.39, 0.29) is 5.56 Å². The zero-order valence-electron chi connectivity index (χ0n) is 10.9. The second-order valence-electron chi connectivity index (χ2n) is 4.58. The van der Waals surface area contributed by atoms with Crippen LogP contribution in [0.5, 0.6) is 0 Å². The van der Waals surface area contributed by atoms with Gasteiger partial charge in [-0.2, -0.15) is 0 Å². The molecule has 1 N–H and O–H groups in total. The first-order valence-electron chi connectivity index (χ1n) is 6.25. The largest absolute Gasteiger partial charge is 0.478 e. The number of hydrogen-bond donors (Lipinski definition) is 1. The number of fused-ring (bicyclic) bond motifs is 1. The van der Waals surface area contributed by atoms with E-state index in [1.807, 2.05) is 29.7 Å². The van der Waals surface area contributed by atoms with Gasteiger partial charge in [0.15, 0.2) is 0 Å². The zero-order valence-corrected chi connectivity index (χ0v) is 10.9. The quantitative estimate of drug-likeness (QED) is 0.791. The summed E-state index contributed by atoms with van der Waals surface area (Å²) in [6.45, 7) is 2.46. The summed E-state index contributed by atoms with van der Waals surface area (Å²) < 4.78 is 1.92. The van der Waals surface area contributed by atoms with Crippen LogP contribution in [-0.4, -0.2) is 25.6 Å². The Hall–Kier alpha value is -2.69. The Balaban J connectivity index is 2.19. The fourth-order valence-corrected chi connectivity index (χ4v) is 2.34. The molecule has 3 rings (SSSR count). The van der Waals surface area contributed by atoms with Crippen molar-refractivity contribution >= 4 is 17.0 Å². The van der Waals surface area contributed by atoms with Crippen molar-refractivity contribution in [3.05, 3.63) is 59.7 Å². The maximum atomic E-state index is 11.4. The number of carboxylic acids is 1. The molecule has 1 aromatic carbocycles. The van der Waals surface area contributed by atoms with Crippen LogP contribution in [0.3, 0.4) is 0 Å². The zero-order chi connectivity index (χ0) is 14.1. The maximum absolute atomic E-state index is 11.4. The van der Waals surface area contributed by atoms with Crippen molar-refractivity contribution < 1.29 is 9.90 Å². The molecule has 0 spiro atoms. The molecule has 0 aliphatic rings. The predicted octanol–water partition coefficient (Wildman–Crippen LogP) is 2.49. The highest BCUT2D eigenvalue weighted by atomic mass is 16.4. The Kier molecular flexibility index (Phi) is 2.95. The molecule has 0 radical (unpaired) electrons. The molecule has 3 aromatic rings. The summed E-state index contributed by atoms with van der Waals surface area (Å²) in [5.41, 5.74) is 2.70. The van der Waals surface area contributed by atoms with Gasteiger partial charge in [0.2, 0.25) is 0 Å². The Morgan fingerprint density at radius 2 is 2.00 bits per heavy atom. The minimum Gasteiger partial charge on any atom is -0.478 e. The lowest BCUT2D eigenvalue weighted by atomic mass is 10.1. The molecule has 0 amide bonds. The molecule has 2 aromatic heterocycles. The third-order valence-electron chi connectivity index (χ3n) is 3.28. The summed E-state index contributed by atoms with van der Waals surface area (Å²) >= 11 is 0. The van der Waals surface area contributed by atoms with Crippen LogP contribution in [0.4, 0.5) is 0 Å². The highest BCUT2D eigenvalue weighted by Gasteiger charge is 2.15. The summed E-state index contributed by atoms with van der Waals surface area (Å²) in [6, 6.07) is 8.98. The number of carboxylic acid groups (broad SMARTS) is 1. The van der Waals surface area contributed by atoms with E-state index >= 15 is 0 Å². The van der Waals surface area contributed by atoms with Crippen LogP contribution in [0.1, 0.15) is 21.7 Å². The van der Waals surface area contributed by atoms with Crippen molar-refractivity contribution in [1.82, 2.24) is 14.5 Å². The van der Waals surface area contributed by atoms with Gasteiger partial charge in [0.25, 0.3) is 0 Å². The summed E-state index contributed by atoms with van der Waals surface area (Å²) in [5, 5.41) is 9.33. The molecule has 0 saturated heterocycles. The van der Waals surface area contributed by atoms with Gasteiger partial charge in [-0.3, -0.25) is 4.98 Å². The molecule has 0 unspecified atom stereocenters. The topological polar surface area (TPSA) is 68.0 Å². The van der Waals surface area contributed by atoms with Crippen molar-refractivity contribution in [2.45, 2.75) is 13.5 Å². The fourth-order valence-electron chi connectivity index (χ4n) is 2.34. The van der Waals surface area contributed by atoms with E-state index in [2.05, 4.69) is 9.97 Å². The second-order valence-corrected chi connectivity index (χ2v) is 4.58. The van der Waals surface area contributed by atoms with E-state index < -0.39 is 5.97 Å². The van der Waals surface area contributed by atoms with E-state index in [4.69, 9.17) is 0 Å². The van der Waals surface area contributed by atoms with Gasteiger partial charge in [-0.25, -0.2) is 9.78 Å². The molecular formula is C15H13N3O2. The van der Waals surface area contributed by atoms with E-state index in [1.54, 1.807) is 24.5 Å². The number of aromatic carboxylic acids is 1. The molecule has 5 nitrogen and oxygen atoms in total. The first kappa shape index (κ1) is 12.3. The Morgan fingerprint density at radius 3 is 2.70 bits per heavy atom. The molecule has 2 heterocycles. The summed E-state index contributed by atoms with van der Waals surface area (Å²) in [5.74, 6) is -0.142. The van der Waals surface area contributed by atoms with Crippen molar-refractivity contribution in [3.63, 3.8) is 0 Å². The van der Waals surface area contributed by atoms with Gasteiger partial charge < -0.3 is 9.67 Å². The highest BCUT2D eigenvalue weighted by molar-refractivity contribution is 6.01. The van der Waals surface area contributed by atoms with Crippen LogP contribution in [0, 0.1) is 6.92 Å². The second kappa shape index (κ2) is 4.77. The third-order valence-corrected chi connectivity index (χ3v) is 3.28. The molecule has 0 aliphatic carbocycles. The smallest absolute Gasteiger partial charge is 0.337 e. The summed E-state index contributed by atoms with van der Waals surface area (Å²) in [4.78, 5) is 19.8. The molecule has 0 saturated carbocycles. The Morgan fingerprint density at radius 1 is 1.25 bits per heavy atom. The van der Waals surface area contributed by atoms with Gasteiger partial charge in [-0.05, 0) is 36.8 Å². The first-order valence-corrected chi connectivity index (χ1v) is 6.25. The number of imidazole rings is 1. The minimum absolute atomic E-state index is 0.275. The number of nitrogens with zero attached hydrogens (tertiary/aromatic N) is 3. The molecule has 5 heteroatoms. The van der Waals surface area contributed by atoms with Gasteiger partial charge in [-0.15, -0.1) is 0 Å². The van der Waals surface area contributed by atoms with Crippen molar-refractivity contribution in [2.24, 2.45) is 0 Å². The lowest BCUT2D eigenvalue weighted by Crippen LogP contribution is -2.06. The molecule has 0 bridgehead atoms. The number of aryl methyl sites for hydroxylation is 1. The average molecular weight is 267 g/mol. The van der Waals surface area contributed by atoms with E-state index in [1.165, 1.54) is 0 Å². The average Bonchev–Trinajstić information content (AvgIpc) is 2.76. The van der Waals surface area contributed by atoms with Gasteiger partial charge in [0, 0.05) is 18.9 Å². The monoisotopic (exact) mass is 267 g/mol. The molecule has 100 valence electrons. The lowest BCUT2D eigenvalue weighted by Gasteiger charge is -2.08. The fraction of sp³-hybridized carbons (Fsp3) is 0.133. The van der Waals surface area contributed by atoms with Crippen molar-refractivity contribution in [2.75, 3.05) is 0 Å². The van der Waals surface area contributed by atoms with Crippen LogP contribution < -0.4 is 0 Å². The van der Waals surface area contributed by atoms with Crippen LogP contribution in [-0.2, 0) is 6.54 Å². The molecule has 0 aliphatic heterocycles. The number of rotatable bonds is 3. The van der Waals surface area contributed by atoms with Gasteiger partial charge >= 0.3 is 5.97 Å².